The van der Waals surface area contributed by atoms with E-state index in [1.165, 1.54) is 9.87 Å². The molecule has 3 rings (SSSR count). The number of hydrogen-bond donors (Lipinski definition) is 3. The number of carbonyl (C=O) groups is 2. The van der Waals surface area contributed by atoms with Gasteiger partial charge in [-0.3, -0.25) is 10.0 Å². The number of nitrogens with one attached hydrogen (secondary N) is 1. The van der Waals surface area contributed by atoms with E-state index >= 15 is 0 Å². The summed E-state index contributed by atoms with van der Waals surface area (Å²) in [4.78, 5) is 24.6. The molecule has 3 N–H and O–H groups in total. The first-order chi connectivity index (χ1) is 13.8. The van der Waals surface area contributed by atoms with Crippen LogP contribution in [-0.4, -0.2) is 71.9 Å². The van der Waals surface area contributed by atoms with E-state index in [0.717, 1.165) is 4.90 Å². The number of sulfonamides is 1. The first-order valence-corrected chi connectivity index (χ1v) is 11.3. The van der Waals surface area contributed by atoms with Crippen LogP contribution in [0.5, 0.6) is 0 Å². The number of rotatable bonds is 5. The van der Waals surface area contributed by atoms with Crippen molar-refractivity contribution in [2.75, 3.05) is 31.9 Å². The normalized spacial score (nSPS) is 20.9. The lowest BCUT2D eigenvalue weighted by molar-refractivity contribution is -0.141. The highest BCUT2D eigenvalue weighted by Crippen LogP contribution is 2.36. The number of benzene rings is 1. The first kappa shape index (κ1) is 21.5. The molecule has 2 amide bonds. The Bertz CT molecular complexity index is 829. The highest BCUT2D eigenvalue weighted by Gasteiger charge is 2.47. The van der Waals surface area contributed by atoms with Gasteiger partial charge in [0.15, 0.2) is 0 Å². The van der Waals surface area contributed by atoms with Crippen LogP contribution in [0, 0.1) is 5.41 Å². The highest BCUT2D eigenvalue weighted by molar-refractivity contribution is 7.89. The summed E-state index contributed by atoms with van der Waals surface area (Å²) in [6.07, 6.45) is 0.398. The second-order valence-electron chi connectivity index (χ2n) is 7.83. The average molecular weight is 426 g/mol. The molecule has 1 aromatic rings. The van der Waals surface area contributed by atoms with Crippen molar-refractivity contribution in [3.05, 3.63) is 35.9 Å². The Balaban J connectivity index is 1.68. The number of carbonyl (C=O) groups excluding carboxylic acids is 1. The summed E-state index contributed by atoms with van der Waals surface area (Å²) in [5.74, 6) is -0.906. The predicted molar refractivity (Wildman–Crippen MR) is 105 cm³/mol. The number of hydroxylamine groups is 1. The monoisotopic (exact) mass is 425 g/mol. The first-order valence-electron chi connectivity index (χ1n) is 9.73. The van der Waals surface area contributed by atoms with Crippen molar-refractivity contribution >= 4 is 22.0 Å². The van der Waals surface area contributed by atoms with Crippen molar-refractivity contribution in [1.29, 1.82) is 0 Å². The largest absolute Gasteiger partial charge is 0.465 e. The third kappa shape index (κ3) is 4.71. The van der Waals surface area contributed by atoms with Gasteiger partial charge >= 0.3 is 6.09 Å². The molecule has 0 unspecified atom stereocenters. The molecule has 0 spiro atoms. The van der Waals surface area contributed by atoms with Crippen molar-refractivity contribution in [3.63, 3.8) is 0 Å². The van der Waals surface area contributed by atoms with Gasteiger partial charge in [-0.2, -0.15) is 0 Å². The van der Waals surface area contributed by atoms with E-state index in [2.05, 4.69) is 0 Å². The summed E-state index contributed by atoms with van der Waals surface area (Å²) in [6, 6.07) is 9.99. The maximum absolute atomic E-state index is 13.1. The molecule has 0 atom stereocenters. The van der Waals surface area contributed by atoms with Crippen molar-refractivity contribution in [3.8, 4) is 0 Å². The van der Waals surface area contributed by atoms with Crippen molar-refractivity contribution < 1.29 is 28.3 Å². The minimum atomic E-state index is -3.74. The topological polar surface area (TPSA) is 127 Å². The number of likely N-dealkylation sites (tertiary alicyclic amines) is 1. The number of piperidine rings is 2. The molecule has 9 nitrogen and oxygen atoms in total. The number of carboxylic acid groups (broad SMARTS) is 1. The van der Waals surface area contributed by atoms with Gasteiger partial charge in [-0.25, -0.2) is 23.0 Å². The van der Waals surface area contributed by atoms with Crippen molar-refractivity contribution in [2.24, 2.45) is 5.41 Å². The van der Waals surface area contributed by atoms with Crippen LogP contribution in [0.15, 0.2) is 30.3 Å². The van der Waals surface area contributed by atoms with Crippen LogP contribution in [0.25, 0.3) is 0 Å². The molecule has 0 aromatic heterocycles. The second-order valence-corrected chi connectivity index (χ2v) is 9.80. The maximum Gasteiger partial charge on any atom is 0.407 e. The lowest BCUT2D eigenvalue weighted by Gasteiger charge is -2.40. The Kier molecular flexibility index (Phi) is 6.45. The summed E-state index contributed by atoms with van der Waals surface area (Å²) in [7, 11) is -3.74. The van der Waals surface area contributed by atoms with Gasteiger partial charge in [-0.15, -0.1) is 0 Å². The molecule has 2 aliphatic heterocycles. The Morgan fingerprint density at radius 1 is 1.07 bits per heavy atom. The zero-order valence-corrected chi connectivity index (χ0v) is 17.0. The zero-order chi connectivity index (χ0) is 21.1. The average Bonchev–Trinajstić information content (AvgIpc) is 2.74. The standard InChI is InChI=1S/C19H27N3O6S/c23-17(20-26)19(8-12-21(13-9-19)18(24)25)14-29(27,28)22-10-6-16(7-11-22)15-4-2-1-3-5-15/h1-5,16,26H,6-14H2,(H,20,23)(H,24,25). The molecule has 0 bridgehead atoms. The number of nitrogens with zero attached hydrogens (tertiary/aromatic N) is 2. The van der Waals surface area contributed by atoms with Gasteiger partial charge in [-0.05, 0) is 37.2 Å². The van der Waals surface area contributed by atoms with Crippen LogP contribution in [0.1, 0.15) is 37.2 Å². The molecule has 29 heavy (non-hydrogen) atoms. The molecule has 0 aliphatic carbocycles. The Morgan fingerprint density at radius 2 is 1.66 bits per heavy atom. The van der Waals surface area contributed by atoms with Crippen LogP contribution in [0.2, 0.25) is 0 Å². The van der Waals surface area contributed by atoms with E-state index in [1.54, 1.807) is 5.48 Å². The van der Waals surface area contributed by atoms with Crippen molar-refractivity contribution in [2.45, 2.75) is 31.6 Å². The van der Waals surface area contributed by atoms with Gasteiger partial charge in [0.2, 0.25) is 10.0 Å². The van der Waals surface area contributed by atoms with Crippen LogP contribution in [0.4, 0.5) is 4.79 Å². The molecular weight excluding hydrogens is 398 g/mol. The van der Waals surface area contributed by atoms with Crippen molar-refractivity contribution in [1.82, 2.24) is 14.7 Å². The van der Waals surface area contributed by atoms with Gasteiger partial charge in [0.05, 0.1) is 11.2 Å². The van der Waals surface area contributed by atoms with E-state index in [0.29, 0.717) is 31.8 Å². The lowest BCUT2D eigenvalue weighted by Crippen LogP contribution is -2.54. The van der Waals surface area contributed by atoms with E-state index in [1.807, 2.05) is 30.3 Å². The summed E-state index contributed by atoms with van der Waals surface area (Å²) < 4.78 is 27.6. The summed E-state index contributed by atoms with van der Waals surface area (Å²) in [5.41, 5.74) is 1.44. The second kappa shape index (κ2) is 8.68. The smallest absolute Gasteiger partial charge is 0.407 e. The van der Waals surface area contributed by atoms with Gasteiger partial charge in [0.25, 0.3) is 5.91 Å². The van der Waals surface area contributed by atoms with Crippen LogP contribution < -0.4 is 5.48 Å². The molecule has 0 radical (unpaired) electrons. The molecule has 10 heteroatoms. The number of hydrogen-bond acceptors (Lipinski definition) is 5. The van der Waals surface area contributed by atoms with Gasteiger partial charge in [0.1, 0.15) is 0 Å². The predicted octanol–water partition coefficient (Wildman–Crippen LogP) is 1.46. The molecule has 2 aliphatic rings. The fourth-order valence-electron chi connectivity index (χ4n) is 4.31. The van der Waals surface area contributed by atoms with Gasteiger partial charge in [-0.1, -0.05) is 30.3 Å². The third-order valence-electron chi connectivity index (χ3n) is 6.15. The quantitative estimate of drug-likeness (QED) is 0.484. The van der Waals surface area contributed by atoms with Gasteiger partial charge in [0, 0.05) is 26.2 Å². The SMILES string of the molecule is O=C(O)N1CCC(CS(=O)(=O)N2CCC(c3ccccc3)CC2)(C(=O)NO)CC1. The Hall–Kier alpha value is -2.17. The number of amides is 2. The fraction of sp³-hybridized carbons (Fsp3) is 0.579. The van der Waals surface area contributed by atoms with Gasteiger partial charge < -0.3 is 10.0 Å². The molecule has 2 saturated heterocycles. The minimum absolute atomic E-state index is 0.0470. The highest BCUT2D eigenvalue weighted by atomic mass is 32.2. The molecule has 160 valence electrons. The maximum atomic E-state index is 13.1. The van der Waals surface area contributed by atoms with E-state index in [9.17, 15) is 18.0 Å². The molecule has 0 saturated carbocycles. The molecule has 1 aromatic carbocycles. The Morgan fingerprint density at radius 3 is 2.17 bits per heavy atom. The molecular formula is C19H27N3O6S. The van der Waals surface area contributed by atoms with E-state index in [4.69, 9.17) is 10.3 Å². The summed E-state index contributed by atoms with van der Waals surface area (Å²) >= 11 is 0. The minimum Gasteiger partial charge on any atom is -0.465 e. The summed E-state index contributed by atoms with van der Waals surface area (Å²) in [5, 5.41) is 18.3. The third-order valence-corrected chi connectivity index (χ3v) is 8.22. The molecule has 2 heterocycles. The fourth-order valence-corrected chi connectivity index (χ4v) is 6.38. The van der Waals surface area contributed by atoms with Crippen LogP contribution in [0.3, 0.4) is 0 Å². The van der Waals surface area contributed by atoms with E-state index in [-0.39, 0.29) is 25.9 Å². The van der Waals surface area contributed by atoms with E-state index < -0.39 is 33.2 Å². The lowest BCUT2D eigenvalue weighted by atomic mass is 9.79. The zero-order valence-electron chi connectivity index (χ0n) is 16.2. The Labute approximate surface area is 170 Å². The van der Waals surface area contributed by atoms with Crippen LogP contribution >= 0.6 is 0 Å². The summed E-state index contributed by atoms with van der Waals surface area (Å²) in [6.45, 7) is 0.850. The molecule has 2 fully saturated rings. The van der Waals surface area contributed by atoms with Crippen LogP contribution in [-0.2, 0) is 14.8 Å².